The summed E-state index contributed by atoms with van der Waals surface area (Å²) in [7, 11) is 0. The van der Waals surface area contributed by atoms with Crippen molar-refractivity contribution in [3.8, 4) is 0 Å². The number of nitrogens with one attached hydrogen (secondary N) is 2. The molecule has 3 heteroatoms. The molecule has 2 aromatic rings. The number of rotatable bonds is 1. The summed E-state index contributed by atoms with van der Waals surface area (Å²) in [6.07, 6.45) is 8.81. The molecule has 4 rings (SSSR count). The maximum Gasteiger partial charge on any atom is 0.0932 e. The molecule has 1 aromatic carbocycles. The Labute approximate surface area is 113 Å². The Morgan fingerprint density at radius 3 is 3.05 bits per heavy atom. The number of piperidine rings is 1. The lowest BCUT2D eigenvalue weighted by molar-refractivity contribution is 0.135. The minimum atomic E-state index is 0.506. The third kappa shape index (κ3) is 1.88. The quantitative estimate of drug-likeness (QED) is 0.820. The molecule has 19 heavy (non-hydrogen) atoms. The smallest absolute Gasteiger partial charge is 0.0932 e. The van der Waals surface area contributed by atoms with Crippen LogP contribution in [0.25, 0.3) is 11.0 Å². The van der Waals surface area contributed by atoms with Crippen molar-refractivity contribution in [2.24, 2.45) is 11.8 Å². The number of nitrogens with zero attached hydrogens (tertiary/aromatic N) is 1. The number of hydrogen-bond donors (Lipinski definition) is 2. The summed E-state index contributed by atoms with van der Waals surface area (Å²) < 4.78 is 0. The molecule has 1 saturated carbocycles. The molecule has 2 fully saturated rings. The van der Waals surface area contributed by atoms with Crippen LogP contribution >= 0.6 is 0 Å². The van der Waals surface area contributed by atoms with Crippen LogP contribution in [0, 0.1) is 11.8 Å². The average Bonchev–Trinajstić information content (AvgIpc) is 2.95. The molecule has 2 N–H and O–H groups in total. The largest absolute Gasteiger partial charge is 0.345 e. The van der Waals surface area contributed by atoms with E-state index in [1.165, 1.54) is 37.7 Å². The fourth-order valence-corrected chi connectivity index (χ4v) is 4.19. The maximum atomic E-state index is 4.54. The van der Waals surface area contributed by atoms with E-state index in [0.29, 0.717) is 6.04 Å². The summed E-state index contributed by atoms with van der Waals surface area (Å²) in [5, 5.41) is 3.76. The molecule has 1 saturated heterocycles. The summed E-state index contributed by atoms with van der Waals surface area (Å²) in [4.78, 5) is 7.77. The Hall–Kier alpha value is -1.35. The van der Waals surface area contributed by atoms with E-state index in [-0.39, 0.29) is 0 Å². The number of para-hydroxylation sites is 1. The van der Waals surface area contributed by atoms with Crippen molar-refractivity contribution < 1.29 is 0 Å². The standard InChI is InChI=1S/C16H21N3/c1-2-5-12-11(4-1)8-9-17-15(12)13-6-3-7-14-16(13)19-10-18-14/h3,6-7,10-12,15,17H,1-2,4-5,8-9H2,(H,18,19). The second-order valence-electron chi connectivity index (χ2n) is 6.07. The molecule has 1 aliphatic heterocycles. The molecule has 3 nitrogen and oxygen atoms in total. The van der Waals surface area contributed by atoms with Crippen molar-refractivity contribution in [1.82, 2.24) is 15.3 Å². The summed E-state index contributed by atoms with van der Waals surface area (Å²) >= 11 is 0. The second kappa shape index (κ2) is 4.64. The Morgan fingerprint density at radius 2 is 2.05 bits per heavy atom. The summed E-state index contributed by atoms with van der Waals surface area (Å²) in [6.45, 7) is 1.16. The predicted octanol–water partition coefficient (Wildman–Crippen LogP) is 3.40. The molecular weight excluding hydrogens is 234 g/mol. The summed E-state index contributed by atoms with van der Waals surface area (Å²) in [5.41, 5.74) is 3.72. The molecule has 3 unspecified atom stereocenters. The van der Waals surface area contributed by atoms with E-state index in [2.05, 4.69) is 33.5 Å². The van der Waals surface area contributed by atoms with E-state index in [0.717, 1.165) is 29.4 Å². The third-order valence-corrected chi connectivity index (χ3v) is 5.09. The van der Waals surface area contributed by atoms with Gasteiger partial charge in [-0.3, -0.25) is 0 Å². The lowest BCUT2D eigenvalue weighted by Gasteiger charge is -2.42. The SMILES string of the molecule is c1cc(C2NCCC3CCCCC32)c2nc[nH]c2c1. The number of aromatic amines is 1. The fraction of sp³-hybridized carbons (Fsp3) is 0.562. The number of benzene rings is 1. The lowest BCUT2D eigenvalue weighted by atomic mass is 9.70. The monoisotopic (exact) mass is 255 g/mol. The van der Waals surface area contributed by atoms with Crippen LogP contribution in [0.1, 0.15) is 43.7 Å². The van der Waals surface area contributed by atoms with Crippen LogP contribution in [-0.2, 0) is 0 Å². The van der Waals surface area contributed by atoms with Crippen LogP contribution in [0.3, 0.4) is 0 Å². The van der Waals surface area contributed by atoms with E-state index in [9.17, 15) is 0 Å². The van der Waals surface area contributed by atoms with Crippen molar-refractivity contribution in [3.63, 3.8) is 0 Å². The van der Waals surface area contributed by atoms with Gasteiger partial charge in [-0.25, -0.2) is 4.98 Å². The summed E-state index contributed by atoms with van der Waals surface area (Å²) in [5.74, 6) is 1.74. The zero-order chi connectivity index (χ0) is 12.7. The Morgan fingerprint density at radius 1 is 1.11 bits per heavy atom. The van der Waals surface area contributed by atoms with Crippen LogP contribution in [0.15, 0.2) is 24.5 Å². The Balaban J connectivity index is 1.75. The Bertz CT molecular complexity index is 572. The highest BCUT2D eigenvalue weighted by Gasteiger charge is 2.36. The van der Waals surface area contributed by atoms with Gasteiger partial charge in [-0.05, 0) is 42.9 Å². The Kier molecular flexibility index (Phi) is 2.80. The van der Waals surface area contributed by atoms with Crippen LogP contribution in [0.5, 0.6) is 0 Å². The van der Waals surface area contributed by atoms with E-state index >= 15 is 0 Å². The van der Waals surface area contributed by atoms with Gasteiger partial charge in [-0.2, -0.15) is 0 Å². The lowest BCUT2D eigenvalue weighted by Crippen LogP contribution is -2.41. The number of hydrogen-bond acceptors (Lipinski definition) is 2. The van der Waals surface area contributed by atoms with Gasteiger partial charge in [0.25, 0.3) is 0 Å². The van der Waals surface area contributed by atoms with Gasteiger partial charge in [0, 0.05) is 6.04 Å². The van der Waals surface area contributed by atoms with Crippen LogP contribution in [0.2, 0.25) is 0 Å². The first-order valence-electron chi connectivity index (χ1n) is 7.59. The zero-order valence-corrected chi connectivity index (χ0v) is 11.2. The van der Waals surface area contributed by atoms with Crippen molar-refractivity contribution in [1.29, 1.82) is 0 Å². The van der Waals surface area contributed by atoms with E-state index in [4.69, 9.17) is 0 Å². The maximum absolute atomic E-state index is 4.54. The van der Waals surface area contributed by atoms with Crippen LogP contribution in [-0.4, -0.2) is 16.5 Å². The van der Waals surface area contributed by atoms with Crippen molar-refractivity contribution in [2.45, 2.75) is 38.1 Å². The fourth-order valence-electron chi connectivity index (χ4n) is 4.19. The average molecular weight is 255 g/mol. The second-order valence-corrected chi connectivity index (χ2v) is 6.07. The first kappa shape index (κ1) is 11.5. The van der Waals surface area contributed by atoms with Gasteiger partial charge < -0.3 is 10.3 Å². The molecule has 2 aliphatic rings. The van der Waals surface area contributed by atoms with Crippen molar-refractivity contribution in [2.75, 3.05) is 6.54 Å². The molecule has 0 radical (unpaired) electrons. The molecule has 0 amide bonds. The molecule has 1 aliphatic carbocycles. The van der Waals surface area contributed by atoms with E-state index < -0.39 is 0 Å². The van der Waals surface area contributed by atoms with E-state index in [1.54, 1.807) is 0 Å². The number of imidazole rings is 1. The molecule has 0 bridgehead atoms. The third-order valence-electron chi connectivity index (χ3n) is 5.09. The molecule has 0 spiro atoms. The first-order valence-corrected chi connectivity index (χ1v) is 7.59. The van der Waals surface area contributed by atoms with Crippen LogP contribution < -0.4 is 5.32 Å². The molecule has 100 valence electrons. The molecular formula is C16H21N3. The van der Waals surface area contributed by atoms with Gasteiger partial charge >= 0.3 is 0 Å². The van der Waals surface area contributed by atoms with Gasteiger partial charge in [0.05, 0.1) is 17.4 Å². The minimum absolute atomic E-state index is 0.506. The van der Waals surface area contributed by atoms with Gasteiger partial charge in [-0.15, -0.1) is 0 Å². The summed E-state index contributed by atoms with van der Waals surface area (Å²) in [6, 6.07) is 7.04. The highest BCUT2D eigenvalue weighted by molar-refractivity contribution is 5.78. The van der Waals surface area contributed by atoms with Gasteiger partial charge in [-0.1, -0.05) is 31.4 Å². The molecule has 1 aromatic heterocycles. The number of fused-ring (bicyclic) bond motifs is 2. The first-order chi connectivity index (χ1) is 9.43. The van der Waals surface area contributed by atoms with E-state index in [1.807, 2.05) is 6.33 Å². The van der Waals surface area contributed by atoms with Gasteiger partial charge in [0.2, 0.25) is 0 Å². The minimum Gasteiger partial charge on any atom is -0.345 e. The molecule has 2 heterocycles. The van der Waals surface area contributed by atoms with Gasteiger partial charge in [0.1, 0.15) is 0 Å². The predicted molar refractivity (Wildman–Crippen MR) is 76.9 cm³/mol. The number of aromatic nitrogens is 2. The zero-order valence-electron chi connectivity index (χ0n) is 11.2. The van der Waals surface area contributed by atoms with Gasteiger partial charge in [0.15, 0.2) is 0 Å². The highest BCUT2D eigenvalue weighted by atomic mass is 15.0. The highest BCUT2D eigenvalue weighted by Crippen LogP contribution is 2.43. The normalized spacial score (nSPS) is 31.3. The van der Waals surface area contributed by atoms with Crippen molar-refractivity contribution in [3.05, 3.63) is 30.1 Å². The van der Waals surface area contributed by atoms with Crippen molar-refractivity contribution >= 4 is 11.0 Å². The van der Waals surface area contributed by atoms with Crippen LogP contribution in [0.4, 0.5) is 0 Å². The topological polar surface area (TPSA) is 40.7 Å². The molecule has 3 atom stereocenters. The number of H-pyrrole nitrogens is 1.